The first kappa shape index (κ1) is 19.6. The number of benzene rings is 1. The van der Waals surface area contributed by atoms with Crippen LogP contribution < -0.4 is 4.74 Å². The van der Waals surface area contributed by atoms with Gasteiger partial charge in [0.05, 0.1) is 13.3 Å². The van der Waals surface area contributed by atoms with Crippen molar-refractivity contribution in [1.29, 1.82) is 0 Å². The van der Waals surface area contributed by atoms with E-state index in [1.54, 1.807) is 7.11 Å². The van der Waals surface area contributed by atoms with Crippen LogP contribution in [-0.4, -0.2) is 48.1 Å². The van der Waals surface area contributed by atoms with Crippen molar-refractivity contribution in [2.45, 2.75) is 30.1 Å². The Morgan fingerprint density at radius 1 is 1.14 bits per heavy atom. The number of aromatic nitrogens is 3. The summed E-state index contributed by atoms with van der Waals surface area (Å²) < 4.78 is 32.3. The third kappa shape index (κ3) is 4.18. The van der Waals surface area contributed by atoms with E-state index in [0.717, 1.165) is 35.5 Å². The minimum absolute atomic E-state index is 0.216. The zero-order chi connectivity index (χ0) is 20.3. The summed E-state index contributed by atoms with van der Waals surface area (Å²) in [5, 5.41) is 6.32. The normalized spacial score (nSPS) is 16.0. The van der Waals surface area contributed by atoms with Gasteiger partial charge in [-0.15, -0.1) is 0 Å². The lowest BCUT2D eigenvalue weighted by Crippen LogP contribution is -2.37. The molecule has 1 N–H and O–H groups in total. The van der Waals surface area contributed by atoms with Gasteiger partial charge in [-0.3, -0.25) is 10.1 Å². The van der Waals surface area contributed by atoms with Gasteiger partial charge < -0.3 is 4.74 Å². The smallest absolute Gasteiger partial charge is 0.246 e. The van der Waals surface area contributed by atoms with Crippen molar-refractivity contribution in [3.8, 4) is 5.75 Å². The van der Waals surface area contributed by atoms with Crippen molar-refractivity contribution in [3.05, 3.63) is 71.8 Å². The molecule has 1 aliphatic heterocycles. The number of nitrogens with zero attached hydrogens (tertiary/aromatic N) is 3. The summed E-state index contributed by atoms with van der Waals surface area (Å²) in [6, 6.07) is 14.0. The third-order valence-electron chi connectivity index (χ3n) is 5.38. The fourth-order valence-corrected chi connectivity index (χ4v) is 5.17. The maximum Gasteiger partial charge on any atom is 0.246 e. The van der Waals surface area contributed by atoms with Gasteiger partial charge >= 0.3 is 0 Å². The summed E-state index contributed by atoms with van der Waals surface area (Å²) >= 11 is 0. The van der Waals surface area contributed by atoms with Crippen LogP contribution in [0.2, 0.25) is 0 Å². The molecule has 0 bridgehead atoms. The molecule has 8 heteroatoms. The lowest BCUT2D eigenvalue weighted by atomic mass is 9.93. The molecule has 4 rings (SSSR count). The van der Waals surface area contributed by atoms with Crippen LogP contribution in [0.1, 0.15) is 35.7 Å². The molecule has 3 aromatic rings. The summed E-state index contributed by atoms with van der Waals surface area (Å²) in [4.78, 5) is 5.08. The van der Waals surface area contributed by atoms with Gasteiger partial charge in [0.2, 0.25) is 10.0 Å². The highest BCUT2D eigenvalue weighted by atomic mass is 32.2. The Hall–Kier alpha value is -2.71. The number of pyridine rings is 1. The van der Waals surface area contributed by atoms with Gasteiger partial charge in [-0.05, 0) is 31.0 Å². The minimum Gasteiger partial charge on any atom is -0.496 e. The van der Waals surface area contributed by atoms with Crippen molar-refractivity contribution in [2.75, 3.05) is 20.2 Å². The van der Waals surface area contributed by atoms with Gasteiger partial charge in [-0.2, -0.15) is 9.40 Å². The highest BCUT2D eigenvalue weighted by molar-refractivity contribution is 7.89. The topological polar surface area (TPSA) is 88.2 Å². The Kier molecular flexibility index (Phi) is 5.64. The van der Waals surface area contributed by atoms with E-state index < -0.39 is 10.0 Å². The highest BCUT2D eigenvalue weighted by Crippen LogP contribution is 2.30. The number of aromatic amines is 1. The van der Waals surface area contributed by atoms with Crippen LogP contribution in [0.25, 0.3) is 0 Å². The van der Waals surface area contributed by atoms with Gasteiger partial charge in [-0.25, -0.2) is 8.42 Å². The first-order valence-electron chi connectivity index (χ1n) is 9.64. The van der Waals surface area contributed by atoms with Gasteiger partial charge in [0.25, 0.3) is 0 Å². The SMILES string of the molecule is COc1ccccc1Cc1cccc(C2CCN(S(=O)(=O)c3cn[nH]c3)CC2)n1. The number of rotatable bonds is 6. The second-order valence-corrected chi connectivity index (χ2v) is 9.09. The predicted octanol–water partition coefficient (Wildman–Crippen LogP) is 2.97. The molecule has 7 nitrogen and oxygen atoms in total. The average molecular weight is 413 g/mol. The fraction of sp³-hybridized carbons (Fsp3) is 0.333. The molecule has 0 unspecified atom stereocenters. The highest BCUT2D eigenvalue weighted by Gasteiger charge is 2.31. The molecule has 0 aliphatic carbocycles. The van der Waals surface area contributed by atoms with E-state index in [2.05, 4.69) is 10.2 Å². The Morgan fingerprint density at radius 3 is 2.66 bits per heavy atom. The van der Waals surface area contributed by atoms with Gasteiger partial charge in [0.15, 0.2) is 0 Å². The summed E-state index contributed by atoms with van der Waals surface area (Å²) in [5.41, 5.74) is 3.11. The van der Waals surface area contributed by atoms with Crippen molar-refractivity contribution < 1.29 is 13.2 Å². The van der Waals surface area contributed by atoms with Crippen molar-refractivity contribution >= 4 is 10.0 Å². The molecule has 1 aliphatic rings. The van der Waals surface area contributed by atoms with Crippen molar-refractivity contribution in [3.63, 3.8) is 0 Å². The van der Waals surface area contributed by atoms with Gasteiger partial charge in [-0.1, -0.05) is 24.3 Å². The van der Waals surface area contributed by atoms with Gasteiger partial charge in [0, 0.05) is 48.6 Å². The molecule has 1 aromatic carbocycles. The summed E-state index contributed by atoms with van der Waals surface area (Å²) in [7, 11) is -1.80. The number of piperidine rings is 1. The molecular formula is C21H24N4O3S. The van der Waals surface area contributed by atoms with E-state index in [-0.39, 0.29) is 10.8 Å². The molecular weight excluding hydrogens is 388 g/mol. The average Bonchev–Trinajstić information content (AvgIpc) is 3.30. The zero-order valence-corrected chi connectivity index (χ0v) is 17.1. The molecule has 1 saturated heterocycles. The summed E-state index contributed by atoms with van der Waals surface area (Å²) in [5.74, 6) is 1.11. The molecule has 0 atom stereocenters. The number of hydrogen-bond acceptors (Lipinski definition) is 5. The van der Waals surface area contributed by atoms with Gasteiger partial charge in [0.1, 0.15) is 10.6 Å². The molecule has 29 heavy (non-hydrogen) atoms. The molecule has 0 spiro atoms. The quantitative estimate of drug-likeness (QED) is 0.672. The van der Waals surface area contributed by atoms with E-state index in [0.29, 0.717) is 19.5 Å². The Bertz CT molecular complexity index is 1060. The van der Waals surface area contributed by atoms with Crippen molar-refractivity contribution in [1.82, 2.24) is 19.5 Å². The molecule has 0 amide bonds. The molecule has 0 saturated carbocycles. The number of sulfonamides is 1. The standard InChI is InChI=1S/C21H24N4O3S/c1-28-21-8-3-2-5-17(21)13-18-6-4-7-20(24-18)16-9-11-25(12-10-16)29(26,27)19-14-22-23-15-19/h2-8,14-16H,9-13H2,1H3,(H,22,23). The largest absolute Gasteiger partial charge is 0.496 e. The molecule has 152 valence electrons. The third-order valence-corrected chi connectivity index (χ3v) is 7.24. The minimum atomic E-state index is -3.48. The van der Waals surface area contributed by atoms with E-state index in [9.17, 15) is 8.42 Å². The number of hydrogen-bond donors (Lipinski definition) is 1. The Balaban J connectivity index is 1.45. The second kappa shape index (κ2) is 8.34. The first-order valence-corrected chi connectivity index (χ1v) is 11.1. The monoisotopic (exact) mass is 412 g/mol. The van der Waals surface area contributed by atoms with Crippen LogP contribution in [0.3, 0.4) is 0 Å². The maximum atomic E-state index is 12.6. The number of para-hydroxylation sites is 1. The first-order chi connectivity index (χ1) is 14.1. The molecule has 2 aromatic heterocycles. The van der Waals surface area contributed by atoms with Crippen LogP contribution in [-0.2, 0) is 16.4 Å². The lowest BCUT2D eigenvalue weighted by molar-refractivity contribution is 0.316. The predicted molar refractivity (Wildman–Crippen MR) is 109 cm³/mol. The number of ether oxygens (including phenoxy) is 1. The lowest BCUT2D eigenvalue weighted by Gasteiger charge is -2.30. The van der Waals surface area contributed by atoms with Crippen LogP contribution in [0.15, 0.2) is 59.8 Å². The van der Waals surface area contributed by atoms with Crippen molar-refractivity contribution in [2.24, 2.45) is 0 Å². The number of H-pyrrole nitrogens is 1. The molecule has 3 heterocycles. The maximum absolute atomic E-state index is 12.6. The van der Waals surface area contributed by atoms with Crippen LogP contribution in [0.5, 0.6) is 5.75 Å². The zero-order valence-electron chi connectivity index (χ0n) is 16.3. The molecule has 0 radical (unpaired) electrons. The van der Waals surface area contributed by atoms with Crippen LogP contribution in [0.4, 0.5) is 0 Å². The summed E-state index contributed by atoms with van der Waals surface area (Å²) in [6.45, 7) is 0.965. The Labute approximate surface area is 170 Å². The number of methoxy groups -OCH3 is 1. The van der Waals surface area contributed by atoms with Crippen LogP contribution in [0, 0.1) is 0 Å². The summed E-state index contributed by atoms with van der Waals surface area (Å²) in [6.07, 6.45) is 4.98. The fourth-order valence-electron chi connectivity index (χ4n) is 3.79. The molecule has 1 fully saturated rings. The Morgan fingerprint density at radius 2 is 1.93 bits per heavy atom. The second-order valence-electron chi connectivity index (χ2n) is 7.15. The van der Waals surface area contributed by atoms with E-state index in [4.69, 9.17) is 9.72 Å². The van der Waals surface area contributed by atoms with E-state index >= 15 is 0 Å². The van der Waals surface area contributed by atoms with E-state index in [1.807, 2.05) is 42.5 Å². The van der Waals surface area contributed by atoms with Crippen LogP contribution >= 0.6 is 0 Å². The van der Waals surface area contributed by atoms with E-state index in [1.165, 1.54) is 16.7 Å². The number of nitrogens with one attached hydrogen (secondary N) is 1.